The normalized spacial score (nSPS) is 9.83. The van der Waals surface area contributed by atoms with E-state index in [2.05, 4.69) is 33.0 Å². The summed E-state index contributed by atoms with van der Waals surface area (Å²) in [7, 11) is 1.67. The van der Waals surface area contributed by atoms with E-state index in [1.165, 1.54) is 10.9 Å². The molecule has 0 saturated heterocycles. The van der Waals surface area contributed by atoms with Gasteiger partial charge in [0.1, 0.15) is 17.5 Å². The second kappa shape index (κ2) is 5.18. The van der Waals surface area contributed by atoms with E-state index in [0.717, 1.165) is 3.57 Å². The number of anilines is 1. The van der Waals surface area contributed by atoms with E-state index in [9.17, 15) is 4.79 Å². The molecule has 90 valence electrons. The summed E-state index contributed by atoms with van der Waals surface area (Å²) in [5, 5.41) is 15.5. The topological polar surface area (TPSA) is 70.7 Å². The largest absolute Gasteiger partial charge is 0.306 e. The van der Waals surface area contributed by atoms with E-state index in [1.807, 2.05) is 18.2 Å². The number of hydrogen-bond donors (Lipinski definition) is 1. The highest BCUT2D eigenvalue weighted by atomic mass is 127. The second-order valence-corrected chi connectivity index (χ2v) is 4.74. The van der Waals surface area contributed by atoms with Gasteiger partial charge in [-0.15, -0.1) is 0 Å². The smallest absolute Gasteiger partial charge is 0.257 e. The molecule has 0 bridgehead atoms. The Morgan fingerprint density at radius 3 is 2.89 bits per heavy atom. The van der Waals surface area contributed by atoms with E-state index in [1.54, 1.807) is 19.2 Å². The maximum atomic E-state index is 12.1. The Bertz CT molecular complexity index is 642. The van der Waals surface area contributed by atoms with Gasteiger partial charge < -0.3 is 5.32 Å². The van der Waals surface area contributed by atoms with Gasteiger partial charge in [0.2, 0.25) is 0 Å². The van der Waals surface area contributed by atoms with E-state index >= 15 is 0 Å². The van der Waals surface area contributed by atoms with Crippen molar-refractivity contribution in [2.45, 2.75) is 0 Å². The van der Waals surface area contributed by atoms with Gasteiger partial charge in [0.25, 0.3) is 5.91 Å². The summed E-state index contributed by atoms with van der Waals surface area (Å²) in [6.45, 7) is 0. The van der Waals surface area contributed by atoms with Gasteiger partial charge in [-0.2, -0.15) is 10.4 Å². The Morgan fingerprint density at radius 1 is 1.50 bits per heavy atom. The maximum absolute atomic E-state index is 12.1. The van der Waals surface area contributed by atoms with Crippen LogP contribution in [0.15, 0.2) is 30.5 Å². The van der Waals surface area contributed by atoms with Gasteiger partial charge in [-0.3, -0.25) is 9.48 Å². The molecule has 6 heteroatoms. The number of aromatic nitrogens is 2. The Labute approximate surface area is 118 Å². The molecular weight excluding hydrogens is 343 g/mol. The molecule has 0 aliphatic rings. The number of nitrogens with zero attached hydrogens (tertiary/aromatic N) is 3. The number of rotatable bonds is 2. The van der Waals surface area contributed by atoms with Crippen LogP contribution in [0.4, 0.5) is 5.82 Å². The number of nitriles is 1. The number of nitrogens with one attached hydrogen (secondary N) is 1. The van der Waals surface area contributed by atoms with Crippen molar-refractivity contribution in [1.29, 1.82) is 5.26 Å². The first-order chi connectivity index (χ1) is 8.63. The van der Waals surface area contributed by atoms with Gasteiger partial charge in [0.05, 0.1) is 11.8 Å². The standard InChI is InChI=1S/C12H9IN4O/c1-17-11(8(6-14)7-15-17)16-12(18)9-4-2-3-5-10(9)13/h2-5,7H,1H3,(H,16,18). The first kappa shape index (κ1) is 12.6. The van der Waals surface area contributed by atoms with Crippen LogP contribution >= 0.6 is 22.6 Å². The molecule has 2 rings (SSSR count). The van der Waals surface area contributed by atoms with Crippen molar-refractivity contribution in [3.8, 4) is 6.07 Å². The lowest BCUT2D eigenvalue weighted by atomic mass is 10.2. The molecular formula is C12H9IN4O. The molecule has 0 fully saturated rings. The molecule has 0 aliphatic heterocycles. The number of amides is 1. The number of benzene rings is 1. The zero-order valence-electron chi connectivity index (χ0n) is 9.51. The van der Waals surface area contributed by atoms with Crippen LogP contribution in [0.3, 0.4) is 0 Å². The van der Waals surface area contributed by atoms with Gasteiger partial charge in [0, 0.05) is 10.6 Å². The van der Waals surface area contributed by atoms with Crippen molar-refractivity contribution < 1.29 is 4.79 Å². The van der Waals surface area contributed by atoms with Crippen LogP contribution in [0.25, 0.3) is 0 Å². The zero-order valence-corrected chi connectivity index (χ0v) is 11.7. The van der Waals surface area contributed by atoms with Gasteiger partial charge >= 0.3 is 0 Å². The van der Waals surface area contributed by atoms with E-state index < -0.39 is 0 Å². The molecule has 1 N–H and O–H groups in total. The molecule has 1 amide bonds. The SMILES string of the molecule is Cn1ncc(C#N)c1NC(=O)c1ccccc1I. The van der Waals surface area contributed by atoms with E-state index in [0.29, 0.717) is 16.9 Å². The summed E-state index contributed by atoms with van der Waals surface area (Å²) in [5.41, 5.74) is 0.917. The number of halogens is 1. The summed E-state index contributed by atoms with van der Waals surface area (Å²) in [6.07, 6.45) is 1.42. The van der Waals surface area contributed by atoms with E-state index in [-0.39, 0.29) is 5.91 Å². The summed E-state index contributed by atoms with van der Waals surface area (Å²) in [6, 6.07) is 9.24. The third-order valence-corrected chi connectivity index (χ3v) is 3.35. The monoisotopic (exact) mass is 352 g/mol. The Kier molecular flexibility index (Phi) is 3.62. The molecule has 5 nitrogen and oxygen atoms in total. The molecule has 2 aromatic rings. The van der Waals surface area contributed by atoms with Crippen LogP contribution in [-0.4, -0.2) is 15.7 Å². The molecule has 1 aromatic carbocycles. The fourth-order valence-corrected chi connectivity index (χ4v) is 2.12. The number of aryl methyl sites for hydroxylation is 1. The summed E-state index contributed by atoms with van der Waals surface area (Å²) in [5.74, 6) is 0.155. The highest BCUT2D eigenvalue weighted by Crippen LogP contribution is 2.16. The molecule has 1 heterocycles. The lowest BCUT2D eigenvalue weighted by Gasteiger charge is -2.07. The van der Waals surface area contributed by atoms with Crippen molar-refractivity contribution >= 4 is 34.3 Å². The molecule has 18 heavy (non-hydrogen) atoms. The Hall–Kier alpha value is -1.88. The van der Waals surface area contributed by atoms with Crippen LogP contribution in [0, 0.1) is 14.9 Å². The summed E-state index contributed by atoms with van der Waals surface area (Å²) < 4.78 is 2.32. The minimum absolute atomic E-state index is 0.250. The first-order valence-electron chi connectivity index (χ1n) is 5.11. The van der Waals surface area contributed by atoms with Crippen molar-refractivity contribution in [3.05, 3.63) is 45.2 Å². The van der Waals surface area contributed by atoms with Gasteiger partial charge in [-0.25, -0.2) is 0 Å². The summed E-state index contributed by atoms with van der Waals surface area (Å²) in [4.78, 5) is 12.1. The van der Waals surface area contributed by atoms with E-state index in [4.69, 9.17) is 5.26 Å². The Balaban J connectivity index is 2.31. The predicted molar refractivity (Wildman–Crippen MR) is 75.0 cm³/mol. The van der Waals surface area contributed by atoms with Crippen LogP contribution in [0.5, 0.6) is 0 Å². The van der Waals surface area contributed by atoms with Gasteiger partial charge in [0.15, 0.2) is 0 Å². The first-order valence-corrected chi connectivity index (χ1v) is 6.19. The number of hydrogen-bond acceptors (Lipinski definition) is 3. The average Bonchev–Trinajstić information content (AvgIpc) is 2.71. The predicted octanol–water partition coefficient (Wildman–Crippen LogP) is 2.15. The minimum atomic E-state index is -0.250. The highest BCUT2D eigenvalue weighted by Gasteiger charge is 2.14. The molecule has 0 unspecified atom stereocenters. The van der Waals surface area contributed by atoms with Gasteiger partial charge in [-0.1, -0.05) is 12.1 Å². The van der Waals surface area contributed by atoms with Crippen LogP contribution in [0.2, 0.25) is 0 Å². The zero-order chi connectivity index (χ0) is 13.1. The second-order valence-electron chi connectivity index (χ2n) is 3.58. The fourth-order valence-electron chi connectivity index (χ4n) is 1.49. The lowest BCUT2D eigenvalue weighted by molar-refractivity contribution is 0.102. The van der Waals surface area contributed by atoms with Crippen LogP contribution in [-0.2, 0) is 7.05 Å². The van der Waals surface area contributed by atoms with Crippen molar-refractivity contribution in [3.63, 3.8) is 0 Å². The minimum Gasteiger partial charge on any atom is -0.306 e. The third-order valence-electron chi connectivity index (χ3n) is 2.41. The molecule has 1 aromatic heterocycles. The van der Waals surface area contributed by atoms with Crippen LogP contribution < -0.4 is 5.32 Å². The Morgan fingerprint density at radius 2 is 2.22 bits per heavy atom. The molecule has 0 radical (unpaired) electrons. The quantitative estimate of drug-likeness (QED) is 0.842. The maximum Gasteiger partial charge on any atom is 0.257 e. The number of carbonyl (C=O) groups excluding carboxylic acids is 1. The third kappa shape index (κ3) is 2.36. The molecule has 0 atom stereocenters. The van der Waals surface area contributed by atoms with Crippen molar-refractivity contribution in [2.75, 3.05) is 5.32 Å². The van der Waals surface area contributed by atoms with Crippen LogP contribution in [0.1, 0.15) is 15.9 Å². The van der Waals surface area contributed by atoms with Crippen molar-refractivity contribution in [1.82, 2.24) is 9.78 Å². The molecule has 0 saturated carbocycles. The number of carbonyl (C=O) groups is 1. The molecule has 0 aliphatic carbocycles. The fraction of sp³-hybridized carbons (Fsp3) is 0.0833. The average molecular weight is 352 g/mol. The molecule has 0 spiro atoms. The van der Waals surface area contributed by atoms with Crippen molar-refractivity contribution in [2.24, 2.45) is 7.05 Å². The lowest BCUT2D eigenvalue weighted by Crippen LogP contribution is -2.16. The summed E-state index contributed by atoms with van der Waals surface area (Å²) >= 11 is 2.10. The van der Waals surface area contributed by atoms with Gasteiger partial charge in [-0.05, 0) is 34.7 Å². The highest BCUT2D eigenvalue weighted by molar-refractivity contribution is 14.1.